The van der Waals surface area contributed by atoms with Gasteiger partial charge in [0.2, 0.25) is 0 Å². The molecule has 2 atom stereocenters. The van der Waals surface area contributed by atoms with Crippen molar-refractivity contribution in [3.05, 3.63) is 81.5 Å². The number of aliphatic carboxylic acids is 1. The second-order valence-corrected chi connectivity index (χ2v) is 9.78. The van der Waals surface area contributed by atoms with Crippen LogP contribution in [0.3, 0.4) is 0 Å². The van der Waals surface area contributed by atoms with E-state index in [1.165, 1.54) is 0 Å². The number of carboxylic acids is 1. The number of carboxylic acid groups (broad SMARTS) is 1. The lowest BCUT2D eigenvalue weighted by Gasteiger charge is -2.16. The second-order valence-electron chi connectivity index (χ2n) is 8.57. The number of thiophene rings is 1. The molecule has 0 spiro atoms. The Morgan fingerprint density at radius 3 is 2.51 bits per heavy atom. The Bertz CT molecular complexity index is 1540. The number of hydrogen-bond donors (Lipinski definition) is 1. The maximum atomic E-state index is 12.0. The van der Waals surface area contributed by atoms with Crippen LogP contribution in [-0.2, 0) is 4.79 Å². The molecule has 9 heteroatoms. The van der Waals surface area contributed by atoms with E-state index in [1.54, 1.807) is 30.5 Å². The number of nitrogens with zero attached hydrogens (tertiary/aromatic N) is 6. The van der Waals surface area contributed by atoms with Crippen LogP contribution in [0.4, 0.5) is 0 Å². The number of aromatic nitrogens is 4. The first kappa shape index (κ1) is 22.6. The summed E-state index contributed by atoms with van der Waals surface area (Å²) in [5.41, 5.74) is 5.89. The van der Waals surface area contributed by atoms with Gasteiger partial charge >= 0.3 is 5.97 Å². The monoisotopic (exact) mass is 482 g/mol. The van der Waals surface area contributed by atoms with Crippen molar-refractivity contribution in [1.29, 1.82) is 5.26 Å². The van der Waals surface area contributed by atoms with E-state index in [2.05, 4.69) is 35.1 Å². The summed E-state index contributed by atoms with van der Waals surface area (Å²) in [5.74, 6) is -0.497. The van der Waals surface area contributed by atoms with Crippen LogP contribution in [0.15, 0.2) is 47.6 Å². The van der Waals surface area contributed by atoms with E-state index in [0.29, 0.717) is 17.3 Å². The van der Waals surface area contributed by atoms with Crippen molar-refractivity contribution in [2.45, 2.75) is 33.7 Å². The summed E-state index contributed by atoms with van der Waals surface area (Å²) in [5, 5.41) is 28.6. The van der Waals surface area contributed by atoms with Gasteiger partial charge in [0.25, 0.3) is 0 Å². The van der Waals surface area contributed by atoms with Gasteiger partial charge in [-0.05, 0) is 56.5 Å². The minimum atomic E-state index is -0.940. The predicted molar refractivity (Wildman–Crippen MR) is 133 cm³/mol. The van der Waals surface area contributed by atoms with Crippen LogP contribution >= 0.6 is 11.3 Å². The third-order valence-electron chi connectivity index (χ3n) is 6.42. The Balaban J connectivity index is 1.70. The van der Waals surface area contributed by atoms with Crippen LogP contribution in [0.25, 0.3) is 16.1 Å². The summed E-state index contributed by atoms with van der Waals surface area (Å²) in [6.07, 6.45) is 1.62. The quantitative estimate of drug-likeness (QED) is 0.446. The molecule has 1 aliphatic heterocycles. The Hall–Kier alpha value is -4.16. The number of aryl methyl sites for hydroxylation is 2. The molecule has 4 aromatic rings. The van der Waals surface area contributed by atoms with Gasteiger partial charge in [0, 0.05) is 22.2 Å². The summed E-state index contributed by atoms with van der Waals surface area (Å²) in [6, 6.07) is 12.9. The number of rotatable bonds is 4. The third-order valence-corrected chi connectivity index (χ3v) is 7.61. The molecule has 0 bridgehead atoms. The molecule has 1 N–H and O–H groups in total. The summed E-state index contributed by atoms with van der Waals surface area (Å²) in [6.45, 7) is 7.66. The van der Waals surface area contributed by atoms with E-state index in [-0.39, 0.29) is 0 Å². The molecule has 1 unspecified atom stereocenters. The first-order chi connectivity index (χ1) is 16.8. The number of carbonyl (C=O) groups is 1. The fourth-order valence-corrected chi connectivity index (χ4v) is 5.52. The van der Waals surface area contributed by atoms with Crippen molar-refractivity contribution >= 4 is 23.0 Å². The fraction of sp³-hybridized carbons (Fsp3) is 0.231. The van der Waals surface area contributed by atoms with Crippen LogP contribution in [0, 0.1) is 38.0 Å². The standard InChI is InChI=1S/C26H22N6O2S/c1-13-15(3)35-25-21(13)23(29-22(14(2)26(33)34)24-31-30-16(4)32(24)25)18-7-5-17(6-8-18)19-9-10-28-20(11-19)12-27/h5-11,14,22H,1-4H3,(H,33,34)/t14-,22?/m0/s1. The topological polar surface area (TPSA) is 117 Å². The molecule has 3 aromatic heterocycles. The molecule has 0 saturated carbocycles. The highest BCUT2D eigenvalue weighted by Crippen LogP contribution is 2.40. The molecule has 174 valence electrons. The van der Waals surface area contributed by atoms with E-state index in [0.717, 1.165) is 43.4 Å². The molecular weight excluding hydrogens is 460 g/mol. The highest BCUT2D eigenvalue weighted by atomic mass is 32.1. The van der Waals surface area contributed by atoms with Gasteiger partial charge in [-0.15, -0.1) is 21.5 Å². The molecule has 0 aliphatic carbocycles. The van der Waals surface area contributed by atoms with Crippen molar-refractivity contribution in [1.82, 2.24) is 19.7 Å². The smallest absolute Gasteiger partial charge is 0.308 e. The summed E-state index contributed by atoms with van der Waals surface area (Å²) < 4.78 is 1.95. The maximum absolute atomic E-state index is 12.0. The van der Waals surface area contributed by atoms with Gasteiger partial charge in [0.1, 0.15) is 28.6 Å². The molecule has 4 heterocycles. The summed E-state index contributed by atoms with van der Waals surface area (Å²) >= 11 is 1.63. The minimum Gasteiger partial charge on any atom is -0.481 e. The molecule has 8 nitrogen and oxygen atoms in total. The highest BCUT2D eigenvalue weighted by Gasteiger charge is 2.36. The van der Waals surface area contributed by atoms with Gasteiger partial charge in [0.05, 0.1) is 11.6 Å². The first-order valence-electron chi connectivity index (χ1n) is 11.1. The zero-order chi connectivity index (χ0) is 24.9. The molecule has 1 aliphatic rings. The zero-order valence-electron chi connectivity index (χ0n) is 19.6. The van der Waals surface area contributed by atoms with Gasteiger partial charge in [-0.25, -0.2) is 4.98 Å². The number of hydrogen-bond acceptors (Lipinski definition) is 7. The Labute approximate surface area is 206 Å². The molecular formula is C26H22N6O2S. The van der Waals surface area contributed by atoms with E-state index >= 15 is 0 Å². The van der Waals surface area contributed by atoms with E-state index in [1.807, 2.05) is 41.8 Å². The van der Waals surface area contributed by atoms with Gasteiger partial charge in [0.15, 0.2) is 5.82 Å². The number of benzene rings is 1. The average molecular weight is 483 g/mol. The summed E-state index contributed by atoms with van der Waals surface area (Å²) in [4.78, 5) is 22.2. The normalized spacial score (nSPS) is 15.4. The molecule has 5 rings (SSSR count). The predicted octanol–water partition coefficient (Wildman–Crippen LogP) is 4.80. The van der Waals surface area contributed by atoms with E-state index < -0.39 is 17.9 Å². The molecule has 1 aromatic carbocycles. The van der Waals surface area contributed by atoms with Crippen molar-refractivity contribution in [3.8, 4) is 22.2 Å². The van der Waals surface area contributed by atoms with Gasteiger partial charge in [-0.2, -0.15) is 5.26 Å². The molecule has 0 fully saturated rings. The Morgan fingerprint density at radius 1 is 1.11 bits per heavy atom. The van der Waals surface area contributed by atoms with Crippen LogP contribution < -0.4 is 0 Å². The van der Waals surface area contributed by atoms with E-state index in [4.69, 9.17) is 4.99 Å². The Kier molecular flexibility index (Phi) is 5.53. The van der Waals surface area contributed by atoms with Crippen LogP contribution in [-0.4, -0.2) is 36.5 Å². The van der Waals surface area contributed by atoms with Crippen LogP contribution in [0.5, 0.6) is 0 Å². The average Bonchev–Trinajstić information content (AvgIpc) is 3.33. The van der Waals surface area contributed by atoms with Crippen molar-refractivity contribution in [2.75, 3.05) is 0 Å². The molecule has 0 saturated heterocycles. The minimum absolute atomic E-state index is 0.359. The number of nitriles is 1. The summed E-state index contributed by atoms with van der Waals surface area (Å²) in [7, 11) is 0. The fourth-order valence-electron chi connectivity index (χ4n) is 4.31. The molecule has 35 heavy (non-hydrogen) atoms. The Morgan fingerprint density at radius 2 is 1.83 bits per heavy atom. The lowest BCUT2D eigenvalue weighted by Crippen LogP contribution is -2.21. The van der Waals surface area contributed by atoms with Gasteiger partial charge in [-0.1, -0.05) is 24.3 Å². The largest absolute Gasteiger partial charge is 0.481 e. The van der Waals surface area contributed by atoms with E-state index in [9.17, 15) is 15.2 Å². The zero-order valence-corrected chi connectivity index (χ0v) is 20.5. The second kappa shape index (κ2) is 8.56. The highest BCUT2D eigenvalue weighted by molar-refractivity contribution is 7.15. The van der Waals surface area contributed by atoms with Gasteiger partial charge in [-0.3, -0.25) is 14.4 Å². The van der Waals surface area contributed by atoms with Crippen LogP contribution in [0.2, 0.25) is 0 Å². The number of fused-ring (bicyclic) bond motifs is 3. The van der Waals surface area contributed by atoms with Crippen molar-refractivity contribution < 1.29 is 9.90 Å². The maximum Gasteiger partial charge on any atom is 0.308 e. The van der Waals surface area contributed by atoms with Gasteiger partial charge < -0.3 is 5.11 Å². The number of aliphatic imine (C=N–C) groups is 1. The molecule has 0 amide bonds. The lowest BCUT2D eigenvalue weighted by atomic mass is 9.96. The lowest BCUT2D eigenvalue weighted by molar-refractivity contribution is -0.141. The van der Waals surface area contributed by atoms with Crippen molar-refractivity contribution in [3.63, 3.8) is 0 Å². The third kappa shape index (κ3) is 3.72. The SMILES string of the molecule is Cc1sc2c(c1C)C(c1ccc(-c3ccnc(C#N)c3)cc1)=NC([C@H](C)C(=O)O)c1nnc(C)n1-2. The van der Waals surface area contributed by atoms with Crippen molar-refractivity contribution in [2.24, 2.45) is 10.9 Å². The number of pyridine rings is 1. The van der Waals surface area contributed by atoms with Crippen LogP contribution in [0.1, 0.15) is 51.9 Å². The molecule has 0 radical (unpaired) electrons. The first-order valence-corrected chi connectivity index (χ1v) is 11.9.